The fourth-order valence-electron chi connectivity index (χ4n) is 2.59. The molecule has 0 bridgehead atoms. The number of nitrogens with zero attached hydrogens (tertiary/aromatic N) is 1. The van der Waals surface area contributed by atoms with Crippen molar-refractivity contribution in [3.8, 4) is 0 Å². The molecule has 6 heteroatoms. The first-order valence-corrected chi connectivity index (χ1v) is 9.86. The van der Waals surface area contributed by atoms with Crippen molar-refractivity contribution in [3.63, 3.8) is 0 Å². The van der Waals surface area contributed by atoms with Crippen molar-refractivity contribution in [1.82, 2.24) is 0 Å². The lowest BCUT2D eigenvalue weighted by atomic mass is 10.1. The van der Waals surface area contributed by atoms with Gasteiger partial charge < -0.3 is 5.32 Å². The highest BCUT2D eigenvalue weighted by Crippen LogP contribution is 2.25. The summed E-state index contributed by atoms with van der Waals surface area (Å²) in [7, 11) is -3.59. The molecule has 0 aliphatic carbocycles. The highest BCUT2D eigenvalue weighted by molar-refractivity contribution is 7.92. The van der Waals surface area contributed by atoms with Gasteiger partial charge in [-0.3, -0.25) is 9.10 Å². The van der Waals surface area contributed by atoms with Gasteiger partial charge in [0.2, 0.25) is 15.9 Å². The van der Waals surface area contributed by atoms with E-state index in [1.54, 1.807) is 12.1 Å². The van der Waals surface area contributed by atoms with Crippen LogP contribution in [0.1, 0.15) is 22.3 Å². The van der Waals surface area contributed by atoms with Gasteiger partial charge in [0.1, 0.15) is 6.54 Å². The van der Waals surface area contributed by atoms with Crippen LogP contribution in [-0.4, -0.2) is 27.1 Å². The predicted molar refractivity (Wildman–Crippen MR) is 103 cm³/mol. The maximum Gasteiger partial charge on any atom is 0.245 e. The third-order valence-corrected chi connectivity index (χ3v) is 5.54. The Labute approximate surface area is 149 Å². The molecule has 0 unspecified atom stereocenters. The fourth-order valence-corrected chi connectivity index (χ4v) is 3.50. The van der Waals surface area contributed by atoms with Crippen LogP contribution in [0.2, 0.25) is 0 Å². The monoisotopic (exact) mass is 360 g/mol. The van der Waals surface area contributed by atoms with E-state index >= 15 is 0 Å². The van der Waals surface area contributed by atoms with Crippen molar-refractivity contribution in [2.75, 3.05) is 22.4 Å². The standard InChI is InChI=1S/C19H24N2O3S/c1-13-8-6-10-17(15(13)3)20-19(22)12-21(25(5,23)24)18-11-7-9-14(2)16(18)4/h6-11H,12H2,1-5H3,(H,20,22). The molecule has 2 aromatic rings. The van der Waals surface area contributed by atoms with Crippen LogP contribution in [0.25, 0.3) is 0 Å². The van der Waals surface area contributed by atoms with E-state index in [1.807, 2.05) is 52.0 Å². The molecule has 0 aliphatic heterocycles. The number of rotatable bonds is 5. The lowest BCUT2D eigenvalue weighted by Crippen LogP contribution is -2.38. The smallest absolute Gasteiger partial charge is 0.245 e. The van der Waals surface area contributed by atoms with Gasteiger partial charge in [-0.25, -0.2) is 8.42 Å². The van der Waals surface area contributed by atoms with E-state index in [0.717, 1.165) is 32.8 Å². The lowest BCUT2D eigenvalue weighted by molar-refractivity contribution is -0.114. The minimum Gasteiger partial charge on any atom is -0.324 e. The average Bonchev–Trinajstić information content (AvgIpc) is 2.51. The van der Waals surface area contributed by atoms with Crippen LogP contribution in [0.4, 0.5) is 11.4 Å². The number of carbonyl (C=O) groups excluding carboxylic acids is 1. The zero-order valence-corrected chi connectivity index (χ0v) is 16.1. The summed E-state index contributed by atoms with van der Waals surface area (Å²) in [6, 6.07) is 11.0. The summed E-state index contributed by atoms with van der Waals surface area (Å²) in [6.45, 7) is 7.38. The number of amides is 1. The largest absolute Gasteiger partial charge is 0.324 e. The first kappa shape index (κ1) is 19.0. The molecule has 0 saturated carbocycles. The van der Waals surface area contributed by atoms with E-state index < -0.39 is 10.0 Å². The molecule has 0 atom stereocenters. The Morgan fingerprint density at radius 2 is 1.52 bits per heavy atom. The minimum absolute atomic E-state index is 0.267. The normalized spacial score (nSPS) is 11.2. The van der Waals surface area contributed by atoms with Gasteiger partial charge >= 0.3 is 0 Å². The van der Waals surface area contributed by atoms with Crippen LogP contribution in [0.15, 0.2) is 36.4 Å². The molecule has 0 heterocycles. The molecule has 5 nitrogen and oxygen atoms in total. The second-order valence-electron chi connectivity index (χ2n) is 6.28. The van der Waals surface area contributed by atoms with Gasteiger partial charge in [-0.1, -0.05) is 24.3 Å². The Kier molecular flexibility index (Phi) is 5.52. The summed E-state index contributed by atoms with van der Waals surface area (Å²) in [5, 5.41) is 2.81. The number of carbonyl (C=O) groups is 1. The Hall–Kier alpha value is -2.34. The topological polar surface area (TPSA) is 66.5 Å². The van der Waals surface area contributed by atoms with Crippen LogP contribution >= 0.6 is 0 Å². The molecular weight excluding hydrogens is 336 g/mol. The van der Waals surface area contributed by atoms with Gasteiger partial charge in [0, 0.05) is 5.69 Å². The SMILES string of the molecule is Cc1cccc(NC(=O)CN(c2cccc(C)c2C)S(C)(=O)=O)c1C. The van der Waals surface area contributed by atoms with Crippen LogP contribution < -0.4 is 9.62 Å². The zero-order valence-electron chi connectivity index (χ0n) is 15.3. The zero-order chi connectivity index (χ0) is 18.8. The molecule has 0 fully saturated rings. The van der Waals surface area contributed by atoms with Crippen LogP contribution in [0.3, 0.4) is 0 Å². The van der Waals surface area contributed by atoms with Crippen LogP contribution in [0, 0.1) is 27.7 Å². The highest BCUT2D eigenvalue weighted by atomic mass is 32.2. The summed E-state index contributed by atoms with van der Waals surface area (Å²) < 4.78 is 25.6. The molecule has 0 spiro atoms. The summed E-state index contributed by atoms with van der Waals surface area (Å²) in [5.74, 6) is -0.375. The molecule has 0 radical (unpaired) electrons. The van der Waals surface area contributed by atoms with Gasteiger partial charge in [0.25, 0.3) is 0 Å². The number of aryl methyl sites for hydroxylation is 2. The molecule has 2 rings (SSSR count). The van der Waals surface area contributed by atoms with E-state index in [-0.39, 0.29) is 12.5 Å². The Balaban J connectivity index is 2.31. The third-order valence-electron chi connectivity index (χ3n) is 4.41. The average molecular weight is 360 g/mol. The van der Waals surface area contributed by atoms with Crippen LogP contribution in [0.5, 0.6) is 0 Å². The molecule has 2 aromatic carbocycles. The predicted octanol–water partition coefficient (Wildman–Crippen LogP) is 3.32. The molecule has 0 aromatic heterocycles. The number of nitrogens with one attached hydrogen (secondary N) is 1. The molecule has 25 heavy (non-hydrogen) atoms. The summed E-state index contributed by atoms with van der Waals surface area (Å²) in [4.78, 5) is 12.5. The van der Waals surface area contributed by atoms with Crippen molar-refractivity contribution in [1.29, 1.82) is 0 Å². The number of anilines is 2. The lowest BCUT2D eigenvalue weighted by Gasteiger charge is -2.24. The molecule has 134 valence electrons. The fraction of sp³-hybridized carbons (Fsp3) is 0.316. The molecule has 0 saturated heterocycles. The van der Waals surface area contributed by atoms with Crippen molar-refractivity contribution in [2.24, 2.45) is 0 Å². The van der Waals surface area contributed by atoms with Crippen molar-refractivity contribution in [2.45, 2.75) is 27.7 Å². The Morgan fingerprint density at radius 3 is 2.12 bits per heavy atom. The first-order chi connectivity index (χ1) is 11.6. The maximum atomic E-state index is 12.5. The van der Waals surface area contributed by atoms with Gasteiger partial charge in [-0.05, 0) is 62.1 Å². The summed E-state index contributed by atoms with van der Waals surface area (Å²) in [5.41, 5.74) is 5.06. The Bertz CT molecular complexity index is 905. The van der Waals surface area contributed by atoms with Crippen molar-refractivity contribution in [3.05, 3.63) is 58.7 Å². The minimum atomic E-state index is -3.59. The molecule has 0 aliphatic rings. The van der Waals surface area contributed by atoms with Gasteiger partial charge in [-0.2, -0.15) is 0 Å². The number of hydrogen-bond donors (Lipinski definition) is 1. The number of hydrogen-bond acceptors (Lipinski definition) is 3. The number of sulfonamides is 1. The summed E-state index contributed by atoms with van der Waals surface area (Å²) in [6.07, 6.45) is 1.11. The van der Waals surface area contributed by atoms with Gasteiger partial charge in [0.15, 0.2) is 0 Å². The quantitative estimate of drug-likeness (QED) is 0.889. The van der Waals surface area contributed by atoms with Crippen molar-refractivity contribution >= 4 is 27.3 Å². The third kappa shape index (κ3) is 4.39. The van der Waals surface area contributed by atoms with E-state index in [4.69, 9.17) is 0 Å². The molecular formula is C19H24N2O3S. The van der Waals surface area contributed by atoms with E-state index in [0.29, 0.717) is 11.4 Å². The van der Waals surface area contributed by atoms with Crippen LogP contribution in [-0.2, 0) is 14.8 Å². The van der Waals surface area contributed by atoms with Crippen molar-refractivity contribution < 1.29 is 13.2 Å². The molecule has 1 N–H and O–H groups in total. The second kappa shape index (κ2) is 7.27. The molecule has 1 amide bonds. The highest BCUT2D eigenvalue weighted by Gasteiger charge is 2.23. The first-order valence-electron chi connectivity index (χ1n) is 8.01. The maximum absolute atomic E-state index is 12.5. The van der Waals surface area contributed by atoms with Gasteiger partial charge in [0.05, 0.1) is 11.9 Å². The summed E-state index contributed by atoms with van der Waals surface area (Å²) >= 11 is 0. The number of benzene rings is 2. The second-order valence-corrected chi connectivity index (χ2v) is 8.19. The van der Waals surface area contributed by atoms with E-state index in [9.17, 15) is 13.2 Å². The Morgan fingerprint density at radius 1 is 0.960 bits per heavy atom. The van der Waals surface area contributed by atoms with E-state index in [1.165, 1.54) is 0 Å². The van der Waals surface area contributed by atoms with E-state index in [2.05, 4.69) is 5.32 Å². The van der Waals surface area contributed by atoms with Gasteiger partial charge in [-0.15, -0.1) is 0 Å².